The molecule has 0 aliphatic rings. The van der Waals surface area contributed by atoms with E-state index in [1.807, 2.05) is 19.9 Å². The third-order valence-corrected chi connectivity index (χ3v) is 2.20. The molecule has 0 saturated carbocycles. The van der Waals surface area contributed by atoms with Gasteiger partial charge in [-0.25, -0.2) is 4.39 Å². The summed E-state index contributed by atoms with van der Waals surface area (Å²) in [5.74, 6) is -0.330. The number of halogens is 1. The zero-order valence-electron chi connectivity index (χ0n) is 8.79. The van der Waals surface area contributed by atoms with Crippen molar-refractivity contribution in [3.63, 3.8) is 0 Å². The van der Waals surface area contributed by atoms with Crippen LogP contribution in [-0.4, -0.2) is 6.10 Å². The average Bonchev–Trinajstić information content (AvgIpc) is 2.59. The zero-order chi connectivity index (χ0) is 10.8. The summed E-state index contributed by atoms with van der Waals surface area (Å²) < 4.78 is 23.9. The van der Waals surface area contributed by atoms with Crippen molar-refractivity contribution in [2.75, 3.05) is 0 Å². The molecule has 0 bridgehead atoms. The van der Waals surface area contributed by atoms with Gasteiger partial charge < -0.3 is 9.15 Å². The molecule has 0 aliphatic heterocycles. The lowest BCUT2D eigenvalue weighted by Gasteiger charge is -2.05. The molecule has 2 aromatic rings. The fourth-order valence-electron chi connectivity index (χ4n) is 1.44. The Kier molecular flexibility index (Phi) is 2.73. The van der Waals surface area contributed by atoms with E-state index in [9.17, 15) is 4.39 Å². The molecular weight excluding hydrogens is 195 g/mol. The number of benzene rings is 1. The van der Waals surface area contributed by atoms with E-state index < -0.39 is 0 Å². The number of hydrogen-bond donors (Lipinski definition) is 0. The Morgan fingerprint density at radius 2 is 2.20 bits per heavy atom. The molecule has 0 saturated heterocycles. The minimum Gasteiger partial charge on any atom is -0.461 e. The number of ether oxygens (including phenoxy) is 1. The topological polar surface area (TPSA) is 22.4 Å². The van der Waals surface area contributed by atoms with Crippen LogP contribution >= 0.6 is 0 Å². The zero-order valence-corrected chi connectivity index (χ0v) is 8.79. The van der Waals surface area contributed by atoms with Gasteiger partial charge in [-0.1, -0.05) is 12.1 Å². The smallest absolute Gasteiger partial charge is 0.169 e. The van der Waals surface area contributed by atoms with Crippen molar-refractivity contribution in [3.05, 3.63) is 35.8 Å². The highest BCUT2D eigenvalue weighted by atomic mass is 19.1. The van der Waals surface area contributed by atoms with E-state index in [2.05, 4.69) is 0 Å². The van der Waals surface area contributed by atoms with E-state index in [0.29, 0.717) is 12.2 Å². The minimum absolute atomic E-state index is 0.156. The van der Waals surface area contributed by atoms with Gasteiger partial charge in [0.15, 0.2) is 11.4 Å². The predicted molar refractivity (Wildman–Crippen MR) is 56.1 cm³/mol. The van der Waals surface area contributed by atoms with Gasteiger partial charge in [0, 0.05) is 10.9 Å². The number of hydrogen-bond acceptors (Lipinski definition) is 2. The number of fused-ring (bicyclic) bond motifs is 1. The minimum atomic E-state index is -0.330. The Hall–Kier alpha value is -1.35. The number of furan rings is 1. The first-order valence-corrected chi connectivity index (χ1v) is 4.94. The molecule has 0 radical (unpaired) electrons. The maximum atomic E-state index is 13.3. The maximum absolute atomic E-state index is 13.3. The third kappa shape index (κ3) is 2.02. The van der Waals surface area contributed by atoms with Gasteiger partial charge in [-0.3, -0.25) is 0 Å². The van der Waals surface area contributed by atoms with Gasteiger partial charge in [-0.15, -0.1) is 0 Å². The quantitative estimate of drug-likeness (QED) is 0.770. The van der Waals surface area contributed by atoms with Crippen LogP contribution in [0.15, 0.2) is 28.9 Å². The fourth-order valence-corrected chi connectivity index (χ4v) is 1.44. The molecule has 0 spiro atoms. The lowest BCUT2D eigenvalue weighted by atomic mass is 10.2. The Morgan fingerprint density at radius 1 is 1.40 bits per heavy atom. The van der Waals surface area contributed by atoms with Gasteiger partial charge in [-0.2, -0.15) is 0 Å². The molecule has 1 aromatic carbocycles. The molecule has 0 unspecified atom stereocenters. The van der Waals surface area contributed by atoms with Crippen molar-refractivity contribution < 1.29 is 13.5 Å². The molecule has 0 atom stereocenters. The monoisotopic (exact) mass is 208 g/mol. The van der Waals surface area contributed by atoms with Crippen LogP contribution in [0.4, 0.5) is 4.39 Å². The van der Waals surface area contributed by atoms with Crippen molar-refractivity contribution in [1.82, 2.24) is 0 Å². The van der Waals surface area contributed by atoms with E-state index in [0.717, 1.165) is 10.9 Å². The van der Waals surface area contributed by atoms with E-state index >= 15 is 0 Å². The second kappa shape index (κ2) is 4.03. The standard InChI is InChI=1S/C12H13FO2/c1-8(2)14-6-9-7-15-12-10(9)4-3-5-11(12)13/h3-5,7-8H,6H2,1-2H3. The van der Waals surface area contributed by atoms with Crippen LogP contribution in [0.25, 0.3) is 11.0 Å². The summed E-state index contributed by atoms with van der Waals surface area (Å²) in [4.78, 5) is 0. The summed E-state index contributed by atoms with van der Waals surface area (Å²) >= 11 is 0. The van der Waals surface area contributed by atoms with Gasteiger partial charge in [0.1, 0.15) is 0 Å². The Bertz CT molecular complexity index is 460. The summed E-state index contributed by atoms with van der Waals surface area (Å²) in [7, 11) is 0. The number of rotatable bonds is 3. The molecule has 2 nitrogen and oxygen atoms in total. The number of para-hydroxylation sites is 1. The summed E-state index contributed by atoms with van der Waals surface area (Å²) in [6.45, 7) is 4.37. The lowest BCUT2D eigenvalue weighted by Crippen LogP contribution is -2.01. The van der Waals surface area contributed by atoms with Crippen LogP contribution in [0.3, 0.4) is 0 Å². The lowest BCUT2D eigenvalue weighted by molar-refractivity contribution is 0.0660. The first kappa shape index (κ1) is 10.2. The van der Waals surface area contributed by atoms with Gasteiger partial charge >= 0.3 is 0 Å². The third-order valence-electron chi connectivity index (χ3n) is 2.20. The molecule has 15 heavy (non-hydrogen) atoms. The van der Waals surface area contributed by atoms with E-state index in [4.69, 9.17) is 9.15 Å². The highest BCUT2D eigenvalue weighted by Crippen LogP contribution is 2.24. The first-order chi connectivity index (χ1) is 7.18. The Morgan fingerprint density at radius 3 is 2.93 bits per heavy atom. The Balaban J connectivity index is 2.33. The summed E-state index contributed by atoms with van der Waals surface area (Å²) in [6, 6.07) is 4.89. The Labute approximate surface area is 87.6 Å². The molecule has 3 heteroatoms. The normalized spacial score (nSPS) is 11.5. The van der Waals surface area contributed by atoms with Gasteiger partial charge in [-0.05, 0) is 19.9 Å². The van der Waals surface area contributed by atoms with Crippen molar-refractivity contribution in [2.24, 2.45) is 0 Å². The van der Waals surface area contributed by atoms with E-state index in [-0.39, 0.29) is 11.9 Å². The first-order valence-electron chi connectivity index (χ1n) is 4.94. The van der Waals surface area contributed by atoms with E-state index in [1.165, 1.54) is 6.07 Å². The second-order valence-electron chi connectivity index (χ2n) is 3.74. The van der Waals surface area contributed by atoms with Crippen LogP contribution in [0.1, 0.15) is 19.4 Å². The molecule has 2 rings (SSSR count). The average molecular weight is 208 g/mol. The SMILES string of the molecule is CC(C)OCc1coc2c(F)cccc12. The molecule has 1 aromatic heterocycles. The van der Waals surface area contributed by atoms with Gasteiger partial charge in [0.2, 0.25) is 0 Å². The molecule has 0 fully saturated rings. The summed E-state index contributed by atoms with van der Waals surface area (Å²) in [6.07, 6.45) is 1.71. The second-order valence-corrected chi connectivity index (χ2v) is 3.74. The molecule has 0 aliphatic carbocycles. The predicted octanol–water partition coefficient (Wildman–Crippen LogP) is 3.50. The van der Waals surface area contributed by atoms with Crippen LogP contribution < -0.4 is 0 Å². The molecule has 0 N–H and O–H groups in total. The highest BCUT2D eigenvalue weighted by molar-refractivity contribution is 5.81. The molecule has 0 amide bonds. The van der Waals surface area contributed by atoms with Crippen molar-refractivity contribution >= 4 is 11.0 Å². The van der Waals surface area contributed by atoms with Crippen LogP contribution in [0.2, 0.25) is 0 Å². The fraction of sp³-hybridized carbons (Fsp3) is 0.333. The van der Waals surface area contributed by atoms with Crippen molar-refractivity contribution in [1.29, 1.82) is 0 Å². The van der Waals surface area contributed by atoms with Crippen LogP contribution in [-0.2, 0) is 11.3 Å². The molecule has 80 valence electrons. The van der Waals surface area contributed by atoms with Crippen LogP contribution in [0, 0.1) is 5.82 Å². The van der Waals surface area contributed by atoms with Gasteiger partial charge in [0.25, 0.3) is 0 Å². The molecule has 1 heterocycles. The molecular formula is C12H13FO2. The summed E-state index contributed by atoms with van der Waals surface area (Å²) in [5.41, 5.74) is 1.19. The van der Waals surface area contributed by atoms with Crippen molar-refractivity contribution in [2.45, 2.75) is 26.6 Å². The van der Waals surface area contributed by atoms with E-state index in [1.54, 1.807) is 12.3 Å². The van der Waals surface area contributed by atoms with Crippen molar-refractivity contribution in [3.8, 4) is 0 Å². The van der Waals surface area contributed by atoms with Crippen LogP contribution in [0.5, 0.6) is 0 Å². The highest BCUT2D eigenvalue weighted by Gasteiger charge is 2.09. The maximum Gasteiger partial charge on any atom is 0.169 e. The van der Waals surface area contributed by atoms with Gasteiger partial charge in [0.05, 0.1) is 19.0 Å². The largest absolute Gasteiger partial charge is 0.461 e. The summed E-state index contributed by atoms with van der Waals surface area (Å²) in [5, 5.41) is 0.788.